The van der Waals surface area contributed by atoms with Crippen molar-refractivity contribution in [1.82, 2.24) is 10.2 Å². The van der Waals surface area contributed by atoms with E-state index in [1.807, 2.05) is 0 Å². The number of carbonyl (C=O) groups is 1. The fourth-order valence-corrected chi connectivity index (χ4v) is 4.55. The fourth-order valence-electron chi connectivity index (χ4n) is 4.43. The van der Waals surface area contributed by atoms with Crippen molar-refractivity contribution in [3.8, 4) is 0 Å². The zero-order valence-corrected chi connectivity index (χ0v) is 22.9. The van der Waals surface area contributed by atoms with Crippen LogP contribution in [-0.4, -0.2) is 166 Å². The Hall–Kier alpha value is -1.54. The summed E-state index contributed by atoms with van der Waals surface area (Å²) in [5.41, 5.74) is 0.640. The molecule has 1 aromatic carbocycles. The van der Waals surface area contributed by atoms with Crippen LogP contribution < -0.4 is 5.32 Å². The molecule has 41 heavy (non-hydrogen) atoms. The number of hydrogen-bond donors (Lipinski definition) is 9. The largest absolute Gasteiger partial charge is 0.394 e. The number of hydrogen-bond acceptors (Lipinski definition) is 14. The first-order chi connectivity index (χ1) is 19.6. The summed E-state index contributed by atoms with van der Waals surface area (Å²) in [7, 11) is 0. The van der Waals surface area contributed by atoms with Gasteiger partial charge in [-0.15, -0.1) is 0 Å². The highest BCUT2D eigenvalue weighted by molar-refractivity contribution is 6.30. The van der Waals surface area contributed by atoms with Crippen molar-refractivity contribution >= 4 is 17.5 Å². The van der Waals surface area contributed by atoms with Crippen LogP contribution >= 0.6 is 11.6 Å². The quantitative estimate of drug-likeness (QED) is 0.137. The second-order valence-corrected chi connectivity index (χ2v) is 10.2. The van der Waals surface area contributed by atoms with Crippen molar-refractivity contribution in [1.29, 1.82) is 0 Å². The topological polar surface area (TPSA) is 231 Å². The Labute approximate surface area is 241 Å². The molecule has 10 atom stereocenters. The van der Waals surface area contributed by atoms with Crippen LogP contribution in [0.3, 0.4) is 0 Å². The number of nitrogens with zero attached hydrogens (tertiary/aromatic N) is 1. The molecule has 234 valence electrons. The highest BCUT2D eigenvalue weighted by Gasteiger charge is 2.50. The third-order valence-corrected chi connectivity index (χ3v) is 7.15. The van der Waals surface area contributed by atoms with E-state index < -0.39 is 74.6 Å². The van der Waals surface area contributed by atoms with Crippen molar-refractivity contribution in [3.05, 3.63) is 34.9 Å². The maximum absolute atomic E-state index is 11.8. The minimum atomic E-state index is -1.74. The van der Waals surface area contributed by atoms with E-state index in [0.717, 1.165) is 32.8 Å². The molecule has 0 saturated carbocycles. The molecule has 0 aromatic heterocycles. The van der Waals surface area contributed by atoms with Gasteiger partial charge in [0.05, 0.1) is 26.4 Å². The summed E-state index contributed by atoms with van der Waals surface area (Å²) in [4.78, 5) is 14.1. The van der Waals surface area contributed by atoms with E-state index in [-0.39, 0.29) is 5.91 Å². The Morgan fingerprint density at radius 2 is 1.51 bits per heavy atom. The van der Waals surface area contributed by atoms with Crippen molar-refractivity contribution in [3.63, 3.8) is 0 Å². The van der Waals surface area contributed by atoms with Crippen molar-refractivity contribution in [2.75, 3.05) is 52.6 Å². The van der Waals surface area contributed by atoms with Crippen LogP contribution in [0.2, 0.25) is 5.02 Å². The van der Waals surface area contributed by atoms with Crippen molar-refractivity contribution in [2.24, 2.45) is 0 Å². The molecular formula is C25H39ClN2O13. The molecule has 3 saturated heterocycles. The summed E-state index contributed by atoms with van der Waals surface area (Å²) < 4.78 is 20.5. The minimum absolute atomic E-state index is 0.0556. The van der Waals surface area contributed by atoms with Gasteiger partial charge < -0.3 is 65.1 Å². The SMILES string of the molecule is O=C(NCCN1CCOCC1)c1ccc(Cl)cc1.OC[C@H]1O[C@@H](O[C@H]2[C@H](O)[C@@H](O)[C@H](O)O[C@@H]2CO)[C@H](O)[C@@H](O)[C@H]1O. The monoisotopic (exact) mass is 610 g/mol. The van der Waals surface area contributed by atoms with E-state index in [0.29, 0.717) is 17.1 Å². The zero-order valence-electron chi connectivity index (χ0n) is 22.2. The predicted molar refractivity (Wildman–Crippen MR) is 140 cm³/mol. The normalized spacial score (nSPS) is 36.2. The number of morpholine rings is 1. The predicted octanol–water partition coefficient (Wildman–Crippen LogP) is -4.00. The standard InChI is InChI=1S/C13H17ClN2O2.C12H22O11/c14-12-3-1-11(2-4-12)13(17)15-5-6-16-7-9-18-10-8-16;13-1-3-5(15)6(16)9(19)12(22-3)23-10-4(2-14)21-11(20)8(18)7(10)17/h1-4H,5-10H2,(H,15,17);3-20H,1-2H2/t;3-,4-,5+,6+,7-,8-,9-,10-,11-,12+/m.1/s1. The minimum Gasteiger partial charge on any atom is -0.394 e. The van der Waals surface area contributed by atoms with Gasteiger partial charge in [-0.3, -0.25) is 9.69 Å². The number of aliphatic hydroxyl groups is 8. The molecule has 0 radical (unpaired) electrons. The number of rotatable bonds is 8. The van der Waals surface area contributed by atoms with Gasteiger partial charge in [-0.1, -0.05) is 11.6 Å². The van der Waals surface area contributed by atoms with Gasteiger partial charge in [0, 0.05) is 36.8 Å². The van der Waals surface area contributed by atoms with Crippen LogP contribution in [-0.2, 0) is 18.9 Å². The molecule has 15 nitrogen and oxygen atoms in total. The molecule has 3 heterocycles. The van der Waals surface area contributed by atoms with Crippen LogP contribution in [0.1, 0.15) is 10.4 Å². The summed E-state index contributed by atoms with van der Waals surface area (Å²) in [5, 5.41) is 80.0. The van der Waals surface area contributed by atoms with Gasteiger partial charge >= 0.3 is 0 Å². The van der Waals surface area contributed by atoms with Gasteiger partial charge in [0.1, 0.15) is 48.8 Å². The molecule has 0 aliphatic carbocycles. The number of halogens is 1. The molecule has 0 bridgehead atoms. The molecule has 16 heteroatoms. The molecule has 0 spiro atoms. The number of carbonyl (C=O) groups excluding carboxylic acids is 1. The average molecular weight is 611 g/mol. The lowest BCUT2D eigenvalue weighted by Gasteiger charge is -2.45. The van der Waals surface area contributed by atoms with Gasteiger partial charge in [-0.25, -0.2) is 0 Å². The summed E-state index contributed by atoms with van der Waals surface area (Å²) in [6, 6.07) is 6.90. The lowest BCUT2D eigenvalue weighted by atomic mass is 9.97. The van der Waals surface area contributed by atoms with Crippen LogP contribution in [0.4, 0.5) is 0 Å². The Morgan fingerprint density at radius 1 is 0.878 bits per heavy atom. The lowest BCUT2D eigenvalue weighted by molar-refractivity contribution is -0.355. The van der Waals surface area contributed by atoms with E-state index in [1.165, 1.54) is 0 Å². The van der Waals surface area contributed by atoms with E-state index in [2.05, 4.69) is 10.2 Å². The second kappa shape index (κ2) is 16.3. The average Bonchev–Trinajstić information content (AvgIpc) is 2.98. The summed E-state index contributed by atoms with van der Waals surface area (Å²) in [5.74, 6) is -0.0556. The highest BCUT2D eigenvalue weighted by Crippen LogP contribution is 2.28. The Balaban J connectivity index is 0.000000232. The Kier molecular flexibility index (Phi) is 13.5. The maximum Gasteiger partial charge on any atom is 0.251 e. The van der Waals surface area contributed by atoms with Gasteiger partial charge in [0.25, 0.3) is 5.91 Å². The molecule has 1 amide bonds. The molecule has 1 aromatic rings. The number of benzene rings is 1. The highest BCUT2D eigenvalue weighted by atomic mass is 35.5. The van der Waals surface area contributed by atoms with Gasteiger partial charge in [0.2, 0.25) is 0 Å². The van der Waals surface area contributed by atoms with Gasteiger partial charge in [0.15, 0.2) is 12.6 Å². The number of ether oxygens (including phenoxy) is 4. The molecule has 0 unspecified atom stereocenters. The first-order valence-corrected chi connectivity index (χ1v) is 13.6. The van der Waals surface area contributed by atoms with E-state index in [9.17, 15) is 40.5 Å². The van der Waals surface area contributed by atoms with Crippen LogP contribution in [0.25, 0.3) is 0 Å². The van der Waals surface area contributed by atoms with Crippen LogP contribution in [0.15, 0.2) is 24.3 Å². The molecular weight excluding hydrogens is 572 g/mol. The van der Waals surface area contributed by atoms with E-state index in [4.69, 9.17) is 35.7 Å². The van der Waals surface area contributed by atoms with E-state index >= 15 is 0 Å². The lowest BCUT2D eigenvalue weighted by Crippen LogP contribution is -2.64. The van der Waals surface area contributed by atoms with Crippen molar-refractivity contribution in [2.45, 2.75) is 61.4 Å². The zero-order chi connectivity index (χ0) is 30.1. The molecule has 3 aliphatic heterocycles. The first kappa shape index (κ1) is 34.0. The van der Waals surface area contributed by atoms with Gasteiger partial charge in [-0.05, 0) is 24.3 Å². The number of aliphatic hydroxyl groups excluding tert-OH is 8. The Morgan fingerprint density at radius 3 is 2.12 bits per heavy atom. The third kappa shape index (κ3) is 9.22. The molecule has 3 fully saturated rings. The molecule has 9 N–H and O–H groups in total. The maximum atomic E-state index is 11.8. The fraction of sp³-hybridized carbons (Fsp3) is 0.720. The molecule has 3 aliphatic rings. The molecule has 4 rings (SSSR count). The Bertz CT molecular complexity index is 921. The van der Waals surface area contributed by atoms with Crippen LogP contribution in [0.5, 0.6) is 0 Å². The van der Waals surface area contributed by atoms with Crippen molar-refractivity contribution < 1.29 is 64.6 Å². The summed E-state index contributed by atoms with van der Waals surface area (Å²) in [6.45, 7) is 3.62. The first-order valence-electron chi connectivity index (χ1n) is 13.2. The summed E-state index contributed by atoms with van der Waals surface area (Å²) in [6.07, 6.45) is -15.6. The second-order valence-electron chi connectivity index (χ2n) is 9.74. The summed E-state index contributed by atoms with van der Waals surface area (Å²) >= 11 is 5.77. The number of amides is 1. The van der Waals surface area contributed by atoms with Gasteiger partial charge in [-0.2, -0.15) is 0 Å². The third-order valence-electron chi connectivity index (χ3n) is 6.90. The number of nitrogens with one attached hydrogen (secondary N) is 1. The van der Waals surface area contributed by atoms with E-state index in [1.54, 1.807) is 24.3 Å². The van der Waals surface area contributed by atoms with Crippen LogP contribution in [0, 0.1) is 0 Å². The smallest absolute Gasteiger partial charge is 0.251 e.